The van der Waals surface area contributed by atoms with E-state index in [1.54, 1.807) is 17.0 Å². The molecule has 250 valence electrons. The maximum absolute atomic E-state index is 15.1. The zero-order valence-electron chi connectivity index (χ0n) is 27.1. The number of hydrogen-bond donors (Lipinski definition) is 1. The molecule has 3 unspecified atom stereocenters. The molecule has 2 saturated heterocycles. The zero-order valence-corrected chi connectivity index (χ0v) is 27.1. The minimum Gasteiger partial charge on any atom is -0.493 e. The topological polar surface area (TPSA) is 91.4 Å². The lowest BCUT2D eigenvalue weighted by atomic mass is 10.0. The summed E-state index contributed by atoms with van der Waals surface area (Å²) in [6.07, 6.45) is 0.589. The Morgan fingerprint density at radius 2 is 1.66 bits per heavy atom. The van der Waals surface area contributed by atoms with Gasteiger partial charge in [-0.3, -0.25) is 19.4 Å². The van der Waals surface area contributed by atoms with Crippen LogP contribution in [0.15, 0.2) is 66.7 Å². The van der Waals surface area contributed by atoms with Crippen molar-refractivity contribution in [1.82, 2.24) is 14.7 Å². The fourth-order valence-corrected chi connectivity index (χ4v) is 6.20. The van der Waals surface area contributed by atoms with E-state index in [1.807, 2.05) is 62.1 Å². The van der Waals surface area contributed by atoms with Crippen molar-refractivity contribution >= 4 is 23.5 Å². The van der Waals surface area contributed by atoms with Gasteiger partial charge in [0.15, 0.2) is 0 Å². The van der Waals surface area contributed by atoms with Crippen molar-refractivity contribution < 1.29 is 32.6 Å². The molecule has 9 nitrogen and oxygen atoms in total. The highest BCUT2D eigenvalue weighted by molar-refractivity contribution is 5.97. The van der Waals surface area contributed by atoms with E-state index >= 15 is 8.78 Å². The average Bonchev–Trinajstić information content (AvgIpc) is 3.03. The third-order valence-electron chi connectivity index (χ3n) is 8.49. The van der Waals surface area contributed by atoms with E-state index in [0.29, 0.717) is 38.2 Å². The van der Waals surface area contributed by atoms with Gasteiger partial charge in [-0.15, -0.1) is 0 Å². The Labute approximate surface area is 274 Å². The Morgan fingerprint density at radius 3 is 2.34 bits per heavy atom. The minimum absolute atomic E-state index is 0.0931. The summed E-state index contributed by atoms with van der Waals surface area (Å²) in [6.45, 7) is 7.24. The number of halogens is 2. The van der Waals surface area contributed by atoms with Crippen LogP contribution in [-0.2, 0) is 20.9 Å². The van der Waals surface area contributed by atoms with Gasteiger partial charge in [0.05, 0.1) is 31.4 Å². The van der Waals surface area contributed by atoms with Crippen LogP contribution in [0.25, 0.3) is 0 Å². The molecule has 0 aliphatic carbocycles. The van der Waals surface area contributed by atoms with E-state index in [-0.39, 0.29) is 55.6 Å². The maximum Gasteiger partial charge on any atom is 0.327 e. The molecule has 3 aromatic carbocycles. The predicted octanol–water partition coefficient (Wildman–Crippen LogP) is 6.08. The molecule has 3 aromatic rings. The van der Waals surface area contributed by atoms with E-state index in [1.165, 1.54) is 18.2 Å². The zero-order chi connectivity index (χ0) is 33.5. The van der Waals surface area contributed by atoms with Gasteiger partial charge in [-0.1, -0.05) is 36.4 Å². The quantitative estimate of drug-likeness (QED) is 0.240. The van der Waals surface area contributed by atoms with E-state index < -0.39 is 23.7 Å². The number of hydrogen-bond acceptors (Lipinski definition) is 6. The summed E-state index contributed by atoms with van der Waals surface area (Å²) in [4.78, 5) is 43.8. The van der Waals surface area contributed by atoms with Crippen LogP contribution in [0.5, 0.6) is 5.75 Å². The molecule has 0 aromatic heterocycles. The number of nitrogens with zero attached hydrogens (tertiary/aromatic N) is 3. The molecule has 0 saturated carbocycles. The number of aryl methyl sites for hydroxylation is 1. The average molecular weight is 649 g/mol. The molecule has 1 N–H and O–H groups in total. The number of para-hydroxylation sites is 1. The third-order valence-corrected chi connectivity index (χ3v) is 8.49. The van der Waals surface area contributed by atoms with Gasteiger partial charge in [0, 0.05) is 50.3 Å². The van der Waals surface area contributed by atoms with Crippen molar-refractivity contribution in [3.05, 3.63) is 95.1 Å². The molecular formula is C36H42F2N4O5. The molecule has 11 heteroatoms. The number of morpholine rings is 1. The number of carbonyl (C=O) groups excluding carboxylic acids is 3. The van der Waals surface area contributed by atoms with Crippen LogP contribution < -0.4 is 10.1 Å². The molecule has 3 atom stereocenters. The molecule has 2 aliphatic rings. The van der Waals surface area contributed by atoms with Crippen LogP contribution in [0.3, 0.4) is 0 Å². The van der Waals surface area contributed by atoms with Crippen LogP contribution in [-0.4, -0.2) is 77.5 Å². The lowest BCUT2D eigenvalue weighted by molar-refractivity contribution is -0.133. The first-order valence-corrected chi connectivity index (χ1v) is 16.1. The summed E-state index contributed by atoms with van der Waals surface area (Å²) >= 11 is 0. The highest BCUT2D eigenvalue weighted by Gasteiger charge is 2.39. The van der Waals surface area contributed by atoms with E-state index in [0.717, 1.165) is 21.8 Å². The summed E-state index contributed by atoms with van der Waals surface area (Å²) in [5.41, 5.74) is 2.32. The first-order valence-electron chi connectivity index (χ1n) is 16.1. The Kier molecular flexibility index (Phi) is 11.2. The van der Waals surface area contributed by atoms with Gasteiger partial charge in [-0.25, -0.2) is 13.6 Å². The van der Waals surface area contributed by atoms with Crippen LogP contribution in [0.2, 0.25) is 0 Å². The second-order valence-electron chi connectivity index (χ2n) is 12.3. The molecule has 2 heterocycles. The van der Waals surface area contributed by atoms with E-state index in [2.05, 4.69) is 5.32 Å². The number of rotatable bonds is 12. The van der Waals surface area contributed by atoms with E-state index in [4.69, 9.17) is 9.47 Å². The van der Waals surface area contributed by atoms with Crippen molar-refractivity contribution in [3.63, 3.8) is 0 Å². The van der Waals surface area contributed by atoms with Crippen LogP contribution in [0, 0.1) is 18.6 Å². The SMILES string of the molecule is Cc1ccccc1OCCCC(=O)Nc1ccc(CN2CCC(=O)N(CC(c3c(F)cccc3F)N3CC(C)OC(C)C3)C2=O)cc1. The monoisotopic (exact) mass is 648 g/mol. The Balaban J connectivity index is 1.19. The highest BCUT2D eigenvalue weighted by atomic mass is 19.1. The number of ether oxygens (including phenoxy) is 2. The van der Waals surface area contributed by atoms with Gasteiger partial charge >= 0.3 is 6.03 Å². The first-order chi connectivity index (χ1) is 22.6. The summed E-state index contributed by atoms with van der Waals surface area (Å²) in [6, 6.07) is 17.2. The number of anilines is 1. The summed E-state index contributed by atoms with van der Waals surface area (Å²) in [5, 5.41) is 2.89. The molecule has 0 radical (unpaired) electrons. The number of urea groups is 1. The highest BCUT2D eigenvalue weighted by Crippen LogP contribution is 2.31. The smallest absolute Gasteiger partial charge is 0.327 e. The largest absolute Gasteiger partial charge is 0.493 e. The van der Waals surface area contributed by atoms with Gasteiger partial charge < -0.3 is 19.7 Å². The number of imide groups is 1. The fourth-order valence-electron chi connectivity index (χ4n) is 6.20. The number of nitrogens with one attached hydrogen (secondary N) is 1. The third kappa shape index (κ3) is 8.72. The van der Waals surface area contributed by atoms with E-state index in [9.17, 15) is 14.4 Å². The second kappa shape index (κ2) is 15.5. The van der Waals surface area contributed by atoms with Gasteiger partial charge in [0.1, 0.15) is 17.4 Å². The lowest BCUT2D eigenvalue weighted by Crippen LogP contribution is -2.56. The van der Waals surface area contributed by atoms with Crippen molar-refractivity contribution in [1.29, 1.82) is 0 Å². The standard InChI is InChI=1S/C36H42F2N4O5/c1-24-8-4-5-11-32(24)46-19-7-12-33(43)39-28-15-13-27(14-16-28)22-40-18-17-34(44)42(36(40)45)23-31(35-29(37)9-6-10-30(35)38)41-20-25(2)47-26(3)21-41/h4-6,8-11,13-16,25-26,31H,7,12,17-23H2,1-3H3,(H,39,43). The second-order valence-corrected chi connectivity index (χ2v) is 12.3. The molecule has 2 fully saturated rings. The van der Waals surface area contributed by atoms with Gasteiger partial charge in [0.2, 0.25) is 11.8 Å². The molecule has 0 spiro atoms. The fraction of sp³-hybridized carbons (Fsp3) is 0.417. The minimum atomic E-state index is -0.880. The van der Waals surface area contributed by atoms with Crippen LogP contribution >= 0.6 is 0 Å². The number of carbonyl (C=O) groups is 3. The Bertz CT molecular complexity index is 1540. The Hall–Kier alpha value is -4.35. The van der Waals surface area contributed by atoms with Gasteiger partial charge in [-0.2, -0.15) is 0 Å². The van der Waals surface area contributed by atoms with Crippen molar-refractivity contribution in [2.75, 3.05) is 38.1 Å². The van der Waals surface area contributed by atoms with Gasteiger partial charge in [-0.05, 0) is 68.7 Å². The number of benzene rings is 3. The van der Waals surface area contributed by atoms with Gasteiger partial charge in [0.25, 0.3) is 0 Å². The van der Waals surface area contributed by atoms with Crippen LogP contribution in [0.1, 0.15) is 55.8 Å². The Morgan fingerprint density at radius 1 is 0.979 bits per heavy atom. The molecule has 0 bridgehead atoms. The predicted molar refractivity (Wildman–Crippen MR) is 174 cm³/mol. The normalized spacial score (nSPS) is 19.5. The van der Waals surface area contributed by atoms with Crippen molar-refractivity contribution in [2.45, 2.75) is 64.8 Å². The molecule has 2 aliphatic heterocycles. The van der Waals surface area contributed by atoms with Crippen molar-refractivity contribution in [2.24, 2.45) is 0 Å². The molecule has 47 heavy (non-hydrogen) atoms. The molecule has 4 amide bonds. The summed E-state index contributed by atoms with van der Waals surface area (Å²) in [5.74, 6) is -1.15. The lowest BCUT2D eigenvalue weighted by Gasteiger charge is -2.43. The summed E-state index contributed by atoms with van der Waals surface area (Å²) in [7, 11) is 0. The maximum atomic E-state index is 15.1. The first kappa shape index (κ1) is 34.0. The molecule has 5 rings (SSSR count). The summed E-state index contributed by atoms with van der Waals surface area (Å²) < 4.78 is 41.8. The van der Waals surface area contributed by atoms with Crippen LogP contribution in [0.4, 0.5) is 19.3 Å². The molecular weight excluding hydrogens is 606 g/mol. The number of amides is 4. The van der Waals surface area contributed by atoms with Crippen molar-refractivity contribution in [3.8, 4) is 5.75 Å².